The van der Waals surface area contributed by atoms with Crippen LogP contribution in [0.1, 0.15) is 5.56 Å². The molecule has 7 heteroatoms. The predicted octanol–water partition coefficient (Wildman–Crippen LogP) is 1.16. The molecule has 24 heavy (non-hydrogen) atoms. The van der Waals surface area contributed by atoms with Gasteiger partial charge in [0.25, 0.3) is 0 Å². The minimum atomic E-state index is -0.495. The Balaban J connectivity index is 0.000000412. The number of nitrogens with one attached hydrogen (secondary N) is 2. The summed E-state index contributed by atoms with van der Waals surface area (Å²) in [6, 6.07) is 3.25. The summed E-state index contributed by atoms with van der Waals surface area (Å²) >= 11 is 0. The van der Waals surface area contributed by atoms with Gasteiger partial charge in [0.2, 0.25) is 0 Å². The Bertz CT molecular complexity index is 627. The fraction of sp³-hybridized carbons (Fsp3) is 0. The van der Waals surface area contributed by atoms with E-state index in [0.717, 1.165) is 5.57 Å². The number of aromatic nitrogens is 1. The first kappa shape index (κ1) is 19.4. The van der Waals surface area contributed by atoms with Crippen LogP contribution in [0.5, 0.6) is 0 Å². The van der Waals surface area contributed by atoms with Gasteiger partial charge in [-0.05, 0) is 17.7 Å². The van der Waals surface area contributed by atoms with Crippen molar-refractivity contribution in [3.8, 4) is 0 Å². The van der Waals surface area contributed by atoms with Crippen molar-refractivity contribution in [2.45, 2.75) is 0 Å². The quantitative estimate of drug-likeness (QED) is 0.186. The van der Waals surface area contributed by atoms with Gasteiger partial charge in [0.1, 0.15) is 5.82 Å². The summed E-state index contributed by atoms with van der Waals surface area (Å²) in [5, 5.41) is 14.2. The molecule has 1 aromatic heterocycles. The topological polar surface area (TPSA) is 98.4 Å². The van der Waals surface area contributed by atoms with E-state index < -0.39 is 5.90 Å². The van der Waals surface area contributed by atoms with Crippen LogP contribution in [0.3, 0.4) is 0 Å². The Morgan fingerprint density at radius 2 is 2.04 bits per heavy atom. The van der Waals surface area contributed by atoms with Crippen LogP contribution in [0.15, 0.2) is 71.7 Å². The predicted molar refractivity (Wildman–Crippen MR) is 90.1 cm³/mol. The van der Waals surface area contributed by atoms with E-state index in [2.05, 4.69) is 20.9 Å². The number of nitrogens with zero attached hydrogens (tertiary/aromatic N) is 2. The van der Waals surface area contributed by atoms with Crippen LogP contribution in [0.25, 0.3) is 0 Å². The molecule has 2 aliphatic rings. The first-order valence-electron chi connectivity index (χ1n) is 6.94. The van der Waals surface area contributed by atoms with Crippen molar-refractivity contribution >= 4 is 11.7 Å². The summed E-state index contributed by atoms with van der Waals surface area (Å²) < 4.78 is 0. The normalized spacial score (nSPS) is 14.3. The fourth-order valence-electron chi connectivity index (χ4n) is 1.67. The van der Waals surface area contributed by atoms with Gasteiger partial charge >= 0.3 is 17.1 Å². The number of hydrogen-bond acceptors (Lipinski definition) is 6. The molecule has 0 aliphatic heterocycles. The largest absolute Gasteiger partial charge is 2.00 e. The molecule has 1 aromatic rings. The number of anilines is 1. The molecule has 0 aromatic carbocycles. The SMILES string of the molecule is N/N=C(\[O-])c1ccc(NNC=C2C=CC=C2)nc1.[CH]1[CH][CH-]C=C1.[Fe+2]. The van der Waals surface area contributed by atoms with E-state index in [1.807, 2.05) is 55.7 Å². The monoisotopic (exact) mass is 363 g/mol. The average molecular weight is 363 g/mol. The Morgan fingerprint density at radius 1 is 1.25 bits per heavy atom. The van der Waals surface area contributed by atoms with Crippen LogP contribution in [-0.2, 0) is 17.1 Å². The van der Waals surface area contributed by atoms with Crippen LogP contribution in [0.4, 0.5) is 5.82 Å². The number of nitrogens with two attached hydrogens (primary N) is 1. The van der Waals surface area contributed by atoms with Gasteiger partial charge in [0.15, 0.2) is 0 Å². The summed E-state index contributed by atoms with van der Waals surface area (Å²) in [6.45, 7) is 0. The van der Waals surface area contributed by atoms with E-state index >= 15 is 0 Å². The maximum atomic E-state index is 11.1. The maximum absolute atomic E-state index is 11.1. The Labute approximate surface area is 152 Å². The molecule has 3 rings (SSSR count). The van der Waals surface area contributed by atoms with Gasteiger partial charge in [0.05, 0.1) is 0 Å². The molecule has 0 unspecified atom stereocenters. The van der Waals surface area contributed by atoms with Crippen molar-refractivity contribution in [3.63, 3.8) is 0 Å². The molecule has 0 spiro atoms. The molecule has 2 radical (unpaired) electrons. The van der Waals surface area contributed by atoms with Gasteiger partial charge in [-0.1, -0.05) is 24.3 Å². The molecule has 124 valence electrons. The number of allylic oxidation sites excluding steroid dienone is 7. The van der Waals surface area contributed by atoms with Gasteiger partial charge in [0, 0.05) is 23.9 Å². The fourth-order valence-corrected chi connectivity index (χ4v) is 1.67. The first-order valence-corrected chi connectivity index (χ1v) is 6.94. The minimum absolute atomic E-state index is 0. The summed E-state index contributed by atoms with van der Waals surface area (Å²) in [5.74, 6) is 4.99. The Hall–Kier alpha value is -2.63. The van der Waals surface area contributed by atoms with Crippen LogP contribution in [-0.4, -0.2) is 10.9 Å². The molecule has 6 nitrogen and oxygen atoms in total. The van der Waals surface area contributed by atoms with E-state index in [9.17, 15) is 5.11 Å². The number of pyridine rings is 1. The van der Waals surface area contributed by atoms with Crippen LogP contribution < -0.4 is 21.8 Å². The van der Waals surface area contributed by atoms with E-state index in [-0.39, 0.29) is 17.1 Å². The van der Waals surface area contributed by atoms with Gasteiger partial charge in [-0.3, -0.25) is 5.43 Å². The van der Waals surface area contributed by atoms with Crippen molar-refractivity contribution < 1.29 is 22.2 Å². The number of hydrazine groups is 1. The molecule has 0 saturated carbocycles. The van der Waals surface area contributed by atoms with Gasteiger partial charge in [-0.25, -0.2) is 23.6 Å². The third kappa shape index (κ3) is 6.64. The van der Waals surface area contributed by atoms with E-state index in [1.54, 1.807) is 18.3 Å². The molecule has 0 fully saturated rings. The second-order valence-corrected chi connectivity index (χ2v) is 4.46. The van der Waals surface area contributed by atoms with Crippen molar-refractivity contribution in [2.75, 3.05) is 5.43 Å². The summed E-state index contributed by atoms with van der Waals surface area (Å²) in [4.78, 5) is 4.04. The van der Waals surface area contributed by atoms with Crippen molar-refractivity contribution in [3.05, 3.63) is 91.4 Å². The van der Waals surface area contributed by atoms with Crippen molar-refractivity contribution in [1.82, 2.24) is 10.4 Å². The molecule has 2 aliphatic carbocycles. The molecule has 0 saturated heterocycles. The Morgan fingerprint density at radius 3 is 2.54 bits per heavy atom. The maximum Gasteiger partial charge on any atom is 2.00 e. The third-order valence-corrected chi connectivity index (χ3v) is 2.81. The second kappa shape index (κ2) is 11.0. The smallest absolute Gasteiger partial charge is 0.857 e. The van der Waals surface area contributed by atoms with Gasteiger partial charge in [-0.15, -0.1) is 12.8 Å². The second-order valence-electron chi connectivity index (χ2n) is 4.46. The molecule has 0 bridgehead atoms. The van der Waals surface area contributed by atoms with Crippen molar-refractivity contribution in [1.29, 1.82) is 0 Å². The molecule has 0 amide bonds. The zero-order chi connectivity index (χ0) is 16.3. The van der Waals surface area contributed by atoms with E-state index in [0.29, 0.717) is 11.4 Å². The van der Waals surface area contributed by atoms with Crippen LogP contribution >= 0.6 is 0 Å². The van der Waals surface area contributed by atoms with Crippen LogP contribution in [0.2, 0.25) is 0 Å². The van der Waals surface area contributed by atoms with E-state index in [4.69, 9.17) is 5.84 Å². The van der Waals surface area contributed by atoms with Crippen molar-refractivity contribution in [2.24, 2.45) is 10.9 Å². The van der Waals surface area contributed by atoms with Gasteiger partial charge < -0.3 is 16.4 Å². The zero-order valence-corrected chi connectivity index (χ0v) is 13.8. The van der Waals surface area contributed by atoms with Gasteiger partial charge in [-0.2, -0.15) is 5.10 Å². The number of rotatable bonds is 4. The van der Waals surface area contributed by atoms with Crippen LogP contribution in [0, 0.1) is 19.3 Å². The average Bonchev–Trinajstić information content (AvgIpc) is 3.31. The standard InChI is InChI=1S/C12H13N5O.C5H5.Fe/c13-16-12(18)10-5-6-11(14-8-10)17-15-7-9-3-1-2-4-9;1-2-4-5-3-1;/h1-8,15H,13H2,(H,14,17)(H,16,18);1-5H;/q;-1;+2/p-1. The minimum Gasteiger partial charge on any atom is -0.857 e. The third-order valence-electron chi connectivity index (χ3n) is 2.81. The molecule has 0 atom stereocenters. The molecular formula is C17H17FeN5O. The Kier molecular flexibility index (Phi) is 8.89. The summed E-state index contributed by atoms with van der Waals surface area (Å²) in [6.07, 6.45) is 21.0. The number of hydrogen-bond donors (Lipinski definition) is 3. The molecule has 4 N–H and O–H groups in total. The van der Waals surface area contributed by atoms with E-state index in [1.165, 1.54) is 6.20 Å². The summed E-state index contributed by atoms with van der Waals surface area (Å²) in [5.41, 5.74) is 7.18. The first-order chi connectivity index (χ1) is 11.3. The molecule has 1 heterocycles. The molecular weight excluding hydrogens is 346 g/mol. The zero-order valence-electron chi connectivity index (χ0n) is 12.7. The number of hydrazone groups is 1. The summed E-state index contributed by atoms with van der Waals surface area (Å²) in [7, 11) is 0.